The second kappa shape index (κ2) is 6.27. The number of nitrogens with zero attached hydrogens (tertiary/aromatic N) is 2. The van der Waals surface area contributed by atoms with Crippen LogP contribution in [-0.4, -0.2) is 36.8 Å². The van der Waals surface area contributed by atoms with Gasteiger partial charge in [0, 0.05) is 18.3 Å². The van der Waals surface area contributed by atoms with Crippen LogP contribution in [0, 0.1) is 5.92 Å². The van der Waals surface area contributed by atoms with Gasteiger partial charge in [0.05, 0.1) is 11.7 Å². The predicted octanol–water partition coefficient (Wildman–Crippen LogP) is 0.898. The first-order valence-corrected chi connectivity index (χ1v) is 7.33. The molecule has 1 aliphatic rings. The topological polar surface area (TPSA) is 87.8 Å². The van der Waals surface area contributed by atoms with Crippen LogP contribution in [0.25, 0.3) is 0 Å². The highest BCUT2D eigenvalue weighted by atomic mass is 16.2. The van der Waals surface area contributed by atoms with E-state index in [1.807, 2.05) is 38.1 Å². The lowest BCUT2D eigenvalue weighted by atomic mass is 9.98. The smallest absolute Gasteiger partial charge is 0.272 e. The third-order valence-corrected chi connectivity index (χ3v) is 3.61. The van der Waals surface area contributed by atoms with Crippen LogP contribution in [0.2, 0.25) is 0 Å². The lowest BCUT2D eigenvalue weighted by Gasteiger charge is -2.21. The third-order valence-electron chi connectivity index (χ3n) is 3.61. The molecule has 0 spiro atoms. The Hall–Kier alpha value is -2.21. The maximum absolute atomic E-state index is 12.6. The van der Waals surface area contributed by atoms with Gasteiger partial charge in [0.15, 0.2) is 0 Å². The second-order valence-corrected chi connectivity index (χ2v) is 5.78. The zero-order chi connectivity index (χ0) is 16.4. The molecule has 22 heavy (non-hydrogen) atoms. The molecule has 2 amide bonds. The summed E-state index contributed by atoms with van der Waals surface area (Å²) in [6.07, 6.45) is -0.951. The van der Waals surface area contributed by atoms with Crippen molar-refractivity contribution < 1.29 is 9.59 Å². The molecule has 0 bridgehead atoms. The van der Waals surface area contributed by atoms with E-state index in [9.17, 15) is 9.59 Å². The summed E-state index contributed by atoms with van der Waals surface area (Å²) >= 11 is 0. The molecule has 6 nitrogen and oxygen atoms in total. The number of hydrogen-bond acceptors (Lipinski definition) is 4. The fourth-order valence-electron chi connectivity index (χ4n) is 2.37. The molecule has 0 saturated heterocycles. The van der Waals surface area contributed by atoms with E-state index in [2.05, 4.69) is 10.3 Å². The van der Waals surface area contributed by atoms with Gasteiger partial charge in [0.2, 0.25) is 12.1 Å². The summed E-state index contributed by atoms with van der Waals surface area (Å²) in [5.74, 6) is -0.559. The molecule has 0 radical (unpaired) electrons. The van der Waals surface area contributed by atoms with Crippen molar-refractivity contribution in [3.63, 3.8) is 0 Å². The lowest BCUT2D eigenvalue weighted by Crippen LogP contribution is -2.50. The number of nitrogens with one attached hydrogen (secondary N) is 1. The number of benzene rings is 1. The summed E-state index contributed by atoms with van der Waals surface area (Å²) in [7, 11) is 1.69. The number of rotatable bonds is 3. The molecule has 2 atom stereocenters. The highest BCUT2D eigenvalue weighted by molar-refractivity contribution is 6.13. The van der Waals surface area contributed by atoms with Crippen LogP contribution in [0.15, 0.2) is 29.3 Å². The molecule has 0 fully saturated rings. The summed E-state index contributed by atoms with van der Waals surface area (Å²) < 4.78 is 0. The zero-order valence-electron chi connectivity index (χ0n) is 13.3. The summed E-state index contributed by atoms with van der Waals surface area (Å²) in [5, 5.41) is 2.62. The van der Waals surface area contributed by atoms with E-state index in [0.29, 0.717) is 0 Å². The second-order valence-electron chi connectivity index (χ2n) is 5.78. The molecular weight excluding hydrogens is 280 g/mol. The SMILES string of the molecule is CC(C)C1=NC(NC(=O)[C@H](C)N)C(=O)N(C)c2ccccc21. The highest BCUT2D eigenvalue weighted by Crippen LogP contribution is 2.26. The first-order chi connectivity index (χ1) is 10.3. The molecule has 118 valence electrons. The number of benzodiazepines with no additional fused rings is 1. The minimum atomic E-state index is -0.951. The summed E-state index contributed by atoms with van der Waals surface area (Å²) in [5.41, 5.74) is 8.06. The Morgan fingerprint density at radius 2 is 1.95 bits per heavy atom. The number of para-hydroxylation sites is 1. The largest absolute Gasteiger partial charge is 0.325 e. The Balaban J connectivity index is 2.49. The average Bonchev–Trinajstić information content (AvgIpc) is 2.58. The molecule has 1 aromatic rings. The van der Waals surface area contributed by atoms with Crippen LogP contribution in [-0.2, 0) is 9.59 Å². The van der Waals surface area contributed by atoms with Gasteiger partial charge in [-0.1, -0.05) is 32.0 Å². The highest BCUT2D eigenvalue weighted by Gasteiger charge is 2.31. The van der Waals surface area contributed by atoms with E-state index >= 15 is 0 Å². The minimum absolute atomic E-state index is 0.121. The van der Waals surface area contributed by atoms with Gasteiger partial charge in [-0.05, 0) is 18.9 Å². The lowest BCUT2D eigenvalue weighted by molar-refractivity contribution is -0.127. The van der Waals surface area contributed by atoms with Gasteiger partial charge in [0.1, 0.15) is 0 Å². The van der Waals surface area contributed by atoms with E-state index in [0.717, 1.165) is 17.0 Å². The molecule has 2 rings (SSSR count). The number of carbonyl (C=O) groups is 2. The molecule has 1 aliphatic heterocycles. The van der Waals surface area contributed by atoms with Crippen LogP contribution in [0.1, 0.15) is 26.3 Å². The predicted molar refractivity (Wildman–Crippen MR) is 86.8 cm³/mol. The van der Waals surface area contributed by atoms with E-state index in [-0.39, 0.29) is 11.8 Å². The quantitative estimate of drug-likeness (QED) is 0.869. The van der Waals surface area contributed by atoms with Gasteiger partial charge >= 0.3 is 0 Å². The van der Waals surface area contributed by atoms with E-state index in [1.54, 1.807) is 14.0 Å². The molecule has 0 aliphatic carbocycles. The standard InChI is InChI=1S/C16H22N4O2/c1-9(2)13-11-7-5-6-8-12(11)20(4)16(22)14(18-13)19-15(21)10(3)17/h5-10,14H,17H2,1-4H3,(H,19,21)/t10-,14?/m0/s1. The maximum atomic E-state index is 12.6. The number of amides is 2. The van der Waals surface area contributed by atoms with Crippen LogP contribution in [0.4, 0.5) is 5.69 Å². The normalized spacial score (nSPS) is 19.4. The van der Waals surface area contributed by atoms with Gasteiger partial charge in [0.25, 0.3) is 5.91 Å². The van der Waals surface area contributed by atoms with Crippen molar-refractivity contribution in [2.45, 2.75) is 33.0 Å². The Morgan fingerprint density at radius 3 is 2.55 bits per heavy atom. The van der Waals surface area contributed by atoms with Crippen molar-refractivity contribution in [1.29, 1.82) is 0 Å². The monoisotopic (exact) mass is 302 g/mol. The Kier molecular flexibility index (Phi) is 4.61. The summed E-state index contributed by atoms with van der Waals surface area (Å²) in [6, 6.07) is 6.91. The molecule has 0 saturated carbocycles. The first kappa shape index (κ1) is 16.2. The average molecular weight is 302 g/mol. The first-order valence-electron chi connectivity index (χ1n) is 7.33. The van der Waals surface area contributed by atoms with Gasteiger partial charge in [-0.3, -0.25) is 14.6 Å². The number of carbonyl (C=O) groups excluding carboxylic acids is 2. The Bertz CT molecular complexity index is 622. The molecule has 1 heterocycles. The molecule has 0 aromatic heterocycles. The number of hydrogen-bond donors (Lipinski definition) is 2. The Labute approximate surface area is 130 Å². The van der Waals surface area contributed by atoms with Gasteiger partial charge < -0.3 is 16.0 Å². The van der Waals surface area contributed by atoms with Crippen molar-refractivity contribution >= 4 is 23.2 Å². The van der Waals surface area contributed by atoms with Gasteiger partial charge in [-0.2, -0.15) is 0 Å². The molecule has 1 aromatic carbocycles. The Morgan fingerprint density at radius 1 is 1.32 bits per heavy atom. The van der Waals surface area contributed by atoms with Crippen molar-refractivity contribution in [3.05, 3.63) is 29.8 Å². The van der Waals surface area contributed by atoms with E-state index in [1.165, 1.54) is 4.90 Å². The number of likely N-dealkylation sites (N-methyl/N-ethyl adjacent to an activating group) is 1. The number of anilines is 1. The van der Waals surface area contributed by atoms with Crippen molar-refractivity contribution in [2.24, 2.45) is 16.6 Å². The summed E-state index contributed by atoms with van der Waals surface area (Å²) in [4.78, 5) is 30.5. The van der Waals surface area contributed by atoms with E-state index < -0.39 is 18.1 Å². The zero-order valence-corrected chi connectivity index (χ0v) is 13.3. The van der Waals surface area contributed by atoms with E-state index in [4.69, 9.17) is 5.73 Å². The van der Waals surface area contributed by atoms with Crippen LogP contribution in [0.3, 0.4) is 0 Å². The van der Waals surface area contributed by atoms with Crippen LogP contribution < -0.4 is 16.0 Å². The van der Waals surface area contributed by atoms with Crippen molar-refractivity contribution in [1.82, 2.24) is 5.32 Å². The van der Waals surface area contributed by atoms with Crippen LogP contribution in [0.5, 0.6) is 0 Å². The van der Waals surface area contributed by atoms with Crippen LogP contribution >= 0.6 is 0 Å². The third kappa shape index (κ3) is 3.01. The number of fused-ring (bicyclic) bond motifs is 1. The van der Waals surface area contributed by atoms with Crippen molar-refractivity contribution in [3.8, 4) is 0 Å². The minimum Gasteiger partial charge on any atom is -0.325 e. The number of aliphatic imine (C=N–C) groups is 1. The van der Waals surface area contributed by atoms with Gasteiger partial charge in [-0.25, -0.2) is 0 Å². The molecular formula is C16H22N4O2. The molecule has 6 heteroatoms. The van der Waals surface area contributed by atoms with Crippen molar-refractivity contribution in [2.75, 3.05) is 11.9 Å². The molecule has 3 N–H and O–H groups in total. The fraction of sp³-hybridized carbons (Fsp3) is 0.438. The number of nitrogens with two attached hydrogens (primary N) is 1. The van der Waals surface area contributed by atoms with Gasteiger partial charge in [-0.15, -0.1) is 0 Å². The molecule has 1 unspecified atom stereocenters. The maximum Gasteiger partial charge on any atom is 0.272 e. The fourth-order valence-corrected chi connectivity index (χ4v) is 2.37. The summed E-state index contributed by atoms with van der Waals surface area (Å²) in [6.45, 7) is 5.59.